The summed E-state index contributed by atoms with van der Waals surface area (Å²) < 4.78 is 28.4. The van der Waals surface area contributed by atoms with Gasteiger partial charge in [0.1, 0.15) is 0 Å². The average Bonchev–Trinajstić information content (AvgIpc) is 2.70. The zero-order valence-corrected chi connectivity index (χ0v) is 11.4. The maximum atomic E-state index is 12.0. The van der Waals surface area contributed by atoms with Crippen LogP contribution in [-0.4, -0.2) is 19.5 Å². The van der Waals surface area contributed by atoms with Crippen LogP contribution in [0.4, 0.5) is 0 Å². The molecule has 17 heavy (non-hydrogen) atoms. The van der Waals surface area contributed by atoms with Gasteiger partial charge in [0.2, 0.25) is 10.0 Å². The standard InChI is InChI=1S/C11H21N3O2S/c1-4-14-8-11(5-10(14)6-12)17(15,16)13-7-9(2)3/h5,8-9,13H,4,6-7,12H2,1-3H3. The molecule has 1 rings (SSSR count). The minimum Gasteiger partial charge on any atom is -0.349 e. The molecule has 0 aliphatic carbocycles. The van der Waals surface area contributed by atoms with Gasteiger partial charge in [-0.3, -0.25) is 0 Å². The van der Waals surface area contributed by atoms with Crippen molar-refractivity contribution in [2.24, 2.45) is 11.7 Å². The van der Waals surface area contributed by atoms with Gasteiger partial charge in [-0.05, 0) is 18.9 Å². The minimum absolute atomic E-state index is 0.284. The first-order valence-electron chi connectivity index (χ1n) is 5.79. The van der Waals surface area contributed by atoms with E-state index < -0.39 is 10.0 Å². The largest absolute Gasteiger partial charge is 0.349 e. The molecule has 0 saturated heterocycles. The SMILES string of the molecule is CCn1cc(S(=O)(=O)NCC(C)C)cc1CN. The molecule has 0 fully saturated rings. The van der Waals surface area contributed by atoms with Gasteiger partial charge in [0, 0.05) is 31.5 Å². The van der Waals surface area contributed by atoms with E-state index in [0.717, 1.165) is 5.69 Å². The fourth-order valence-corrected chi connectivity index (χ4v) is 2.77. The first-order chi connectivity index (χ1) is 7.90. The van der Waals surface area contributed by atoms with Gasteiger partial charge in [-0.2, -0.15) is 0 Å². The zero-order valence-electron chi connectivity index (χ0n) is 10.6. The van der Waals surface area contributed by atoms with Gasteiger partial charge >= 0.3 is 0 Å². The molecule has 1 aromatic heterocycles. The highest BCUT2D eigenvalue weighted by Crippen LogP contribution is 2.14. The summed E-state index contributed by atoms with van der Waals surface area (Å²) in [5.74, 6) is 0.284. The third kappa shape index (κ3) is 3.55. The third-order valence-electron chi connectivity index (χ3n) is 2.50. The van der Waals surface area contributed by atoms with Crippen molar-refractivity contribution in [3.05, 3.63) is 18.0 Å². The van der Waals surface area contributed by atoms with Gasteiger partial charge in [0.15, 0.2) is 0 Å². The Bertz CT molecular complexity index is 442. The van der Waals surface area contributed by atoms with Crippen LogP contribution in [0, 0.1) is 5.92 Å². The molecule has 1 heterocycles. The molecular formula is C11H21N3O2S. The highest BCUT2D eigenvalue weighted by Gasteiger charge is 2.17. The topological polar surface area (TPSA) is 77.1 Å². The Labute approximate surface area is 103 Å². The molecule has 0 aromatic carbocycles. The number of rotatable bonds is 6. The minimum atomic E-state index is -3.40. The molecule has 1 aromatic rings. The molecule has 5 nitrogen and oxygen atoms in total. The summed E-state index contributed by atoms with van der Waals surface area (Å²) >= 11 is 0. The summed E-state index contributed by atoms with van der Waals surface area (Å²) in [5.41, 5.74) is 6.40. The molecule has 0 saturated carbocycles. The zero-order chi connectivity index (χ0) is 13.1. The lowest BCUT2D eigenvalue weighted by Crippen LogP contribution is -2.27. The molecule has 0 aliphatic heterocycles. The van der Waals surface area contributed by atoms with E-state index in [4.69, 9.17) is 5.73 Å². The first kappa shape index (κ1) is 14.2. The number of hydrogen-bond donors (Lipinski definition) is 2. The van der Waals surface area contributed by atoms with Crippen LogP contribution in [0.1, 0.15) is 26.5 Å². The average molecular weight is 259 g/mol. The van der Waals surface area contributed by atoms with Gasteiger partial charge in [-0.15, -0.1) is 0 Å². The monoisotopic (exact) mass is 259 g/mol. The third-order valence-corrected chi connectivity index (χ3v) is 3.89. The van der Waals surface area contributed by atoms with Crippen molar-refractivity contribution >= 4 is 10.0 Å². The van der Waals surface area contributed by atoms with Crippen molar-refractivity contribution in [3.8, 4) is 0 Å². The number of sulfonamides is 1. The second-order valence-electron chi connectivity index (χ2n) is 4.40. The Kier molecular flexibility index (Phi) is 4.73. The van der Waals surface area contributed by atoms with Crippen molar-refractivity contribution < 1.29 is 8.42 Å². The number of nitrogens with zero attached hydrogens (tertiary/aromatic N) is 1. The van der Waals surface area contributed by atoms with Gasteiger partial charge in [-0.1, -0.05) is 13.8 Å². The number of aromatic nitrogens is 1. The molecule has 0 amide bonds. The van der Waals surface area contributed by atoms with Gasteiger partial charge in [-0.25, -0.2) is 13.1 Å². The number of hydrogen-bond acceptors (Lipinski definition) is 3. The summed E-state index contributed by atoms with van der Waals surface area (Å²) in [5, 5.41) is 0. The van der Waals surface area contributed by atoms with Crippen LogP contribution in [0.2, 0.25) is 0 Å². The summed E-state index contributed by atoms with van der Waals surface area (Å²) in [4.78, 5) is 0.292. The van der Waals surface area contributed by atoms with Crippen LogP contribution in [0.25, 0.3) is 0 Å². The lowest BCUT2D eigenvalue weighted by atomic mass is 10.2. The molecular weight excluding hydrogens is 238 g/mol. The van der Waals surface area contributed by atoms with Crippen molar-refractivity contribution in [3.63, 3.8) is 0 Å². The fourth-order valence-electron chi connectivity index (χ4n) is 1.50. The smallest absolute Gasteiger partial charge is 0.242 e. The molecule has 98 valence electrons. The molecule has 0 aliphatic rings. The Morgan fingerprint density at radius 2 is 2.12 bits per heavy atom. The van der Waals surface area contributed by atoms with E-state index in [1.807, 2.05) is 25.3 Å². The van der Waals surface area contributed by atoms with Gasteiger partial charge in [0.25, 0.3) is 0 Å². The predicted octanol–water partition coefficient (Wildman–Crippen LogP) is 0.901. The maximum absolute atomic E-state index is 12.0. The maximum Gasteiger partial charge on any atom is 0.242 e. The van der Waals surface area contributed by atoms with E-state index in [1.165, 1.54) is 0 Å². The Morgan fingerprint density at radius 1 is 1.47 bits per heavy atom. The van der Waals surface area contributed by atoms with Crippen LogP contribution < -0.4 is 10.5 Å². The van der Waals surface area contributed by atoms with Crippen LogP contribution in [0.3, 0.4) is 0 Å². The molecule has 0 atom stereocenters. The second-order valence-corrected chi connectivity index (χ2v) is 6.17. The van der Waals surface area contributed by atoms with Crippen molar-refractivity contribution in [2.75, 3.05) is 6.54 Å². The lowest BCUT2D eigenvalue weighted by Gasteiger charge is -2.06. The summed E-state index contributed by atoms with van der Waals surface area (Å²) in [6.07, 6.45) is 1.63. The molecule has 0 radical (unpaired) electrons. The molecule has 0 unspecified atom stereocenters. The van der Waals surface area contributed by atoms with E-state index in [9.17, 15) is 8.42 Å². The molecule has 3 N–H and O–H groups in total. The Hall–Kier alpha value is -0.850. The number of nitrogens with two attached hydrogens (primary N) is 1. The predicted molar refractivity (Wildman–Crippen MR) is 68.0 cm³/mol. The molecule has 0 bridgehead atoms. The van der Waals surface area contributed by atoms with Crippen LogP contribution in [-0.2, 0) is 23.1 Å². The van der Waals surface area contributed by atoms with E-state index in [2.05, 4.69) is 4.72 Å². The van der Waals surface area contributed by atoms with E-state index in [1.54, 1.807) is 12.3 Å². The quantitative estimate of drug-likeness (QED) is 0.797. The fraction of sp³-hybridized carbons (Fsp3) is 0.636. The Morgan fingerprint density at radius 3 is 2.53 bits per heavy atom. The number of aryl methyl sites for hydroxylation is 1. The highest BCUT2D eigenvalue weighted by atomic mass is 32.2. The van der Waals surface area contributed by atoms with Crippen LogP contribution >= 0.6 is 0 Å². The summed E-state index contributed by atoms with van der Waals surface area (Å²) in [6, 6.07) is 1.63. The van der Waals surface area contributed by atoms with Crippen LogP contribution in [0.15, 0.2) is 17.2 Å². The highest BCUT2D eigenvalue weighted by molar-refractivity contribution is 7.89. The van der Waals surface area contributed by atoms with Crippen molar-refractivity contribution in [1.29, 1.82) is 0 Å². The summed E-state index contributed by atoms with van der Waals surface area (Å²) in [7, 11) is -3.40. The molecule has 6 heteroatoms. The van der Waals surface area contributed by atoms with E-state index >= 15 is 0 Å². The van der Waals surface area contributed by atoms with Crippen LogP contribution in [0.5, 0.6) is 0 Å². The lowest BCUT2D eigenvalue weighted by molar-refractivity contribution is 0.560. The van der Waals surface area contributed by atoms with E-state index in [-0.39, 0.29) is 5.92 Å². The van der Waals surface area contributed by atoms with E-state index in [0.29, 0.717) is 24.5 Å². The first-order valence-corrected chi connectivity index (χ1v) is 7.27. The molecule has 0 spiro atoms. The van der Waals surface area contributed by atoms with Crippen molar-refractivity contribution in [2.45, 2.75) is 38.8 Å². The number of nitrogens with one attached hydrogen (secondary N) is 1. The summed E-state index contributed by atoms with van der Waals surface area (Å²) in [6.45, 7) is 7.38. The van der Waals surface area contributed by atoms with Gasteiger partial charge in [0.05, 0.1) is 4.90 Å². The Balaban J connectivity index is 2.95. The normalized spacial score (nSPS) is 12.3. The van der Waals surface area contributed by atoms with Gasteiger partial charge < -0.3 is 10.3 Å². The van der Waals surface area contributed by atoms with Crippen molar-refractivity contribution in [1.82, 2.24) is 9.29 Å². The second kappa shape index (κ2) is 5.66.